The fourth-order valence-corrected chi connectivity index (χ4v) is 19.3. The first-order valence-electron chi connectivity index (χ1n) is 51.5. The Morgan fingerprint density at radius 3 is 0.617 bits per heavy atom. The number of nitrogens with zero attached hydrogens (tertiary/aromatic N) is 2. The first-order valence-corrected chi connectivity index (χ1v) is 51.5. The lowest BCUT2D eigenvalue weighted by Gasteiger charge is -2.20. The van der Waals surface area contributed by atoms with E-state index < -0.39 is 0 Å². The molecule has 2 N–H and O–H groups in total. The van der Waals surface area contributed by atoms with E-state index in [0.717, 1.165) is 332 Å². The van der Waals surface area contributed by atoms with Crippen LogP contribution in [0.2, 0.25) is 0 Å². The molecule has 8 unspecified atom stereocenters. The van der Waals surface area contributed by atoms with Crippen LogP contribution in [-0.2, 0) is 0 Å². The summed E-state index contributed by atoms with van der Waals surface area (Å²) in [4.78, 5) is 20.3. The maximum absolute atomic E-state index is 7.25. The van der Waals surface area contributed by atoms with Gasteiger partial charge in [0.2, 0.25) is 0 Å². The SMILES string of the molecule is CCCCC(CC)COc1cc(OCC(CC)CCCC)c2cc3c(cc2c1)-c1cc2[nH]c(cc4nc(cc5[nH]c(cc-3n1)c1cc3cc(OCC(CC)CCCC)cc(OCC(CC)CCCC)c3cc51)-c1cc3cc(OCC(CC)CCCC)cc(OCC(CC)CCCC)c3cc1-4)c1cc3cc(OCC(CC)CCCC)cc(OCC(CC)CCCC)c3cc21. The van der Waals surface area contributed by atoms with E-state index in [-0.39, 0.29) is 0 Å². The topological polar surface area (TPSA) is 131 Å². The number of benzene rings is 8. The van der Waals surface area contributed by atoms with E-state index in [2.05, 4.69) is 242 Å². The van der Waals surface area contributed by atoms with E-state index in [4.69, 9.17) is 47.9 Å². The van der Waals surface area contributed by atoms with Crippen LogP contribution in [-0.4, -0.2) is 72.8 Å². The first-order chi connectivity index (χ1) is 62.6. The number of aromatic nitrogens is 4. The third kappa shape index (κ3) is 24.1. The van der Waals surface area contributed by atoms with E-state index in [1.807, 2.05) is 0 Å². The number of hydrogen-bond donors (Lipinski definition) is 2. The zero-order valence-electron chi connectivity index (χ0n) is 81.6. The van der Waals surface area contributed by atoms with Crippen molar-refractivity contribution < 1.29 is 37.9 Å². The van der Waals surface area contributed by atoms with Gasteiger partial charge in [0, 0.05) is 112 Å². The highest BCUT2D eigenvalue weighted by Gasteiger charge is 2.28. The molecule has 0 aliphatic carbocycles. The lowest BCUT2D eigenvalue weighted by atomic mass is 9.97. The molecule has 12 heteroatoms. The van der Waals surface area contributed by atoms with Crippen LogP contribution in [0.15, 0.2) is 121 Å². The van der Waals surface area contributed by atoms with Crippen LogP contribution < -0.4 is 37.9 Å². The predicted octanol–water partition coefficient (Wildman–Crippen LogP) is 34.7. The van der Waals surface area contributed by atoms with Crippen molar-refractivity contribution >= 4 is 86.7 Å². The van der Waals surface area contributed by atoms with Gasteiger partial charge < -0.3 is 47.9 Å². The minimum absolute atomic E-state index is 0.413. The first kappa shape index (κ1) is 96.4. The van der Waals surface area contributed by atoms with E-state index in [1.54, 1.807) is 0 Å². The van der Waals surface area contributed by atoms with E-state index in [0.29, 0.717) is 100 Å². The summed E-state index contributed by atoms with van der Waals surface area (Å²) in [5.41, 5.74) is 11.2. The molecule has 8 bridgehead atoms. The minimum Gasteiger partial charge on any atom is -0.493 e. The summed E-state index contributed by atoms with van der Waals surface area (Å²) < 4.78 is 57.0. The molecular formula is C116H158N4O8. The lowest BCUT2D eigenvalue weighted by Crippen LogP contribution is -2.13. The van der Waals surface area contributed by atoms with Crippen LogP contribution >= 0.6 is 0 Å². The Hall–Kier alpha value is -9.16. The van der Waals surface area contributed by atoms with Crippen molar-refractivity contribution in [2.75, 3.05) is 52.9 Å². The highest BCUT2D eigenvalue weighted by Crippen LogP contribution is 2.49. The van der Waals surface area contributed by atoms with Crippen LogP contribution in [0.5, 0.6) is 46.0 Å². The molecule has 2 aliphatic rings. The molecule has 128 heavy (non-hydrogen) atoms. The molecule has 8 atom stereocenters. The molecule has 3 aromatic heterocycles. The van der Waals surface area contributed by atoms with Crippen molar-refractivity contribution in [3.8, 4) is 91.0 Å². The molecule has 0 amide bonds. The minimum atomic E-state index is 0.413. The molecule has 0 saturated heterocycles. The van der Waals surface area contributed by atoms with Gasteiger partial charge in [0.1, 0.15) is 46.0 Å². The summed E-state index contributed by atoms with van der Waals surface area (Å²) in [5.74, 6) is 10.1. The van der Waals surface area contributed by atoms with Crippen LogP contribution in [0, 0.1) is 47.3 Å². The van der Waals surface area contributed by atoms with E-state index in [9.17, 15) is 0 Å². The summed E-state index contributed by atoms with van der Waals surface area (Å²) >= 11 is 0. The second kappa shape index (κ2) is 48.1. The van der Waals surface area contributed by atoms with Gasteiger partial charge in [0.15, 0.2) is 0 Å². The number of fused-ring (bicyclic) bond motifs is 24. The van der Waals surface area contributed by atoms with Crippen molar-refractivity contribution in [3.63, 3.8) is 0 Å². The van der Waals surface area contributed by atoms with Crippen LogP contribution in [0.25, 0.3) is 132 Å². The van der Waals surface area contributed by atoms with Crippen molar-refractivity contribution in [2.45, 2.75) is 316 Å². The quantitative estimate of drug-likeness (QED) is 0.0380. The zero-order chi connectivity index (χ0) is 90.0. The number of aromatic amines is 2. The smallest absolute Gasteiger partial charge is 0.130 e. The van der Waals surface area contributed by atoms with Crippen LogP contribution in [0.4, 0.5) is 0 Å². The number of hydrogen-bond acceptors (Lipinski definition) is 10. The van der Waals surface area contributed by atoms with Gasteiger partial charge in [-0.2, -0.15) is 0 Å². The fourth-order valence-electron chi connectivity index (χ4n) is 19.3. The van der Waals surface area contributed by atoms with Crippen molar-refractivity contribution in [3.05, 3.63) is 121 Å². The maximum atomic E-state index is 7.25. The number of unbranched alkanes of at least 4 members (excludes halogenated alkanes) is 8. The van der Waals surface area contributed by atoms with Gasteiger partial charge in [-0.1, -0.05) is 265 Å². The Bertz CT molecular complexity index is 5260. The largest absolute Gasteiger partial charge is 0.493 e. The Morgan fingerprint density at radius 1 is 0.203 bits per heavy atom. The Kier molecular flexibility index (Phi) is 36.2. The van der Waals surface area contributed by atoms with Gasteiger partial charge >= 0.3 is 0 Å². The van der Waals surface area contributed by atoms with Crippen molar-refractivity contribution in [1.82, 2.24) is 19.9 Å². The zero-order valence-corrected chi connectivity index (χ0v) is 81.6. The fraction of sp³-hybridized carbons (Fsp3) is 0.552. The average molecular weight is 1740 g/mol. The molecule has 0 fully saturated rings. The summed E-state index contributed by atoms with van der Waals surface area (Å²) in [6.45, 7) is 41.8. The van der Waals surface area contributed by atoms with Crippen LogP contribution in [0.3, 0.4) is 0 Å². The van der Waals surface area contributed by atoms with E-state index in [1.165, 1.54) is 51.4 Å². The Balaban J connectivity index is 1.15. The van der Waals surface area contributed by atoms with Crippen molar-refractivity contribution in [2.24, 2.45) is 47.3 Å². The molecule has 2 aliphatic heterocycles. The van der Waals surface area contributed by atoms with Gasteiger partial charge in [-0.05, 0) is 217 Å². The molecular weight excluding hydrogens is 1580 g/mol. The lowest BCUT2D eigenvalue weighted by molar-refractivity contribution is 0.224. The third-order valence-corrected chi connectivity index (χ3v) is 28.7. The normalized spacial score (nSPS) is 14.0. The summed E-state index contributed by atoms with van der Waals surface area (Å²) in [6.07, 6.45) is 36.1. The molecule has 0 radical (unpaired) electrons. The second-order valence-corrected chi connectivity index (χ2v) is 38.2. The molecule has 8 aromatic carbocycles. The summed E-state index contributed by atoms with van der Waals surface area (Å²) in [5, 5.41) is 12.5. The molecule has 5 heterocycles. The number of nitrogens with one attached hydrogen (secondary N) is 2. The van der Waals surface area contributed by atoms with Gasteiger partial charge in [-0.15, -0.1) is 0 Å². The Labute approximate surface area is 768 Å². The van der Waals surface area contributed by atoms with E-state index >= 15 is 0 Å². The summed E-state index contributed by atoms with van der Waals surface area (Å²) in [7, 11) is 0. The molecule has 0 spiro atoms. The van der Waals surface area contributed by atoms with Crippen LogP contribution in [0.1, 0.15) is 316 Å². The molecule has 12 nitrogen and oxygen atoms in total. The highest BCUT2D eigenvalue weighted by molar-refractivity contribution is 6.17. The standard InChI is InChI=1S/C116H158N4O8/c1-17-33-41-77(25-9)69-121-89-49-85-53-97-101(61-93(85)113(57-89)125-73-81(29-13)45-37-21-5)109-66-106-99-55-87-51-91(123-71-79(27-11)43-35-19-3)59-115(127-75-83(31-15)47-39-23-7)95(87)63-103(99)111(119-106)68-108-100-56-88-52-92(124-72-80(28-12)44-36-20-4)60-116(128-76-84(32-16)48-40-24-8)96(88)64-104(100)112(120-108)67-107-98-54-86-50-90(122-70-78(26-10)42-34-18-2)58-114(126-74-82(30-14)46-38-22-6)94(86)62-102(98)110(118-107)65-105(97)117-109/h49-68,77-84,117,120H,17-48,69-76H2,1-16H3. The molecule has 690 valence electrons. The second-order valence-electron chi connectivity index (χ2n) is 38.2. The molecule has 11 aromatic rings. The van der Waals surface area contributed by atoms with Gasteiger partial charge in [0.05, 0.1) is 75.6 Å². The molecule has 0 saturated carbocycles. The van der Waals surface area contributed by atoms with Gasteiger partial charge in [0.25, 0.3) is 0 Å². The Morgan fingerprint density at radius 2 is 0.398 bits per heavy atom. The monoisotopic (exact) mass is 1740 g/mol. The number of H-pyrrole nitrogens is 2. The predicted molar refractivity (Wildman–Crippen MR) is 545 cm³/mol. The highest BCUT2D eigenvalue weighted by atomic mass is 16.5. The number of rotatable bonds is 56. The molecule has 13 rings (SSSR count). The average Bonchev–Trinajstić information content (AvgIpc) is 1.58. The summed E-state index contributed by atoms with van der Waals surface area (Å²) in [6, 6.07) is 46.0. The van der Waals surface area contributed by atoms with Gasteiger partial charge in [-0.25, -0.2) is 9.97 Å². The maximum Gasteiger partial charge on any atom is 0.130 e. The number of ether oxygens (including phenoxy) is 8. The van der Waals surface area contributed by atoms with Gasteiger partial charge in [-0.3, -0.25) is 0 Å². The third-order valence-electron chi connectivity index (χ3n) is 28.7. The van der Waals surface area contributed by atoms with Crippen molar-refractivity contribution in [1.29, 1.82) is 0 Å².